The van der Waals surface area contributed by atoms with Gasteiger partial charge in [-0.3, -0.25) is 0 Å². The summed E-state index contributed by atoms with van der Waals surface area (Å²) in [6.07, 6.45) is 0. The van der Waals surface area contributed by atoms with Crippen LogP contribution < -0.4 is 4.74 Å². The molecule has 0 heterocycles. The third-order valence-electron chi connectivity index (χ3n) is 3.27. The van der Waals surface area contributed by atoms with E-state index in [2.05, 4.69) is 6.07 Å². The van der Waals surface area contributed by atoms with Crippen molar-refractivity contribution in [2.75, 3.05) is 33.0 Å². The topological polar surface area (TPSA) is 51.5 Å². The molecule has 0 fully saturated rings. The van der Waals surface area contributed by atoms with Crippen molar-refractivity contribution in [1.29, 1.82) is 5.26 Å². The highest BCUT2D eigenvalue weighted by molar-refractivity contribution is 5.64. The zero-order chi connectivity index (χ0) is 16.3. The molecule has 0 amide bonds. The van der Waals surface area contributed by atoms with Crippen molar-refractivity contribution < 1.29 is 14.2 Å². The lowest BCUT2D eigenvalue weighted by atomic mass is 10.0. The van der Waals surface area contributed by atoms with E-state index in [-0.39, 0.29) is 0 Å². The zero-order valence-electron chi connectivity index (χ0n) is 13.3. The lowest BCUT2D eigenvalue weighted by Crippen LogP contribution is -2.10. The average molecular weight is 311 g/mol. The molecule has 0 aliphatic heterocycles. The summed E-state index contributed by atoms with van der Waals surface area (Å²) in [6.45, 7) is 4.95. The van der Waals surface area contributed by atoms with Crippen molar-refractivity contribution in [3.63, 3.8) is 0 Å². The minimum Gasteiger partial charge on any atom is -0.491 e. The monoisotopic (exact) mass is 311 g/mol. The summed E-state index contributed by atoms with van der Waals surface area (Å²) in [5.41, 5.74) is 2.84. The van der Waals surface area contributed by atoms with Gasteiger partial charge in [0.1, 0.15) is 12.4 Å². The Balaban J connectivity index is 1.77. The van der Waals surface area contributed by atoms with Gasteiger partial charge in [-0.15, -0.1) is 0 Å². The summed E-state index contributed by atoms with van der Waals surface area (Å²) in [4.78, 5) is 0. The SMILES string of the molecule is CCOCCOCCOc1ccc(-c2ccc(C#N)cc2)cc1. The fraction of sp³-hybridized carbons (Fsp3) is 0.316. The minimum atomic E-state index is 0.516. The molecule has 120 valence electrons. The van der Waals surface area contributed by atoms with Crippen LogP contribution in [0.2, 0.25) is 0 Å². The van der Waals surface area contributed by atoms with Gasteiger partial charge in [0, 0.05) is 6.61 Å². The Morgan fingerprint density at radius 2 is 1.35 bits per heavy atom. The lowest BCUT2D eigenvalue weighted by Gasteiger charge is -2.08. The van der Waals surface area contributed by atoms with E-state index < -0.39 is 0 Å². The zero-order valence-corrected chi connectivity index (χ0v) is 13.3. The van der Waals surface area contributed by atoms with Gasteiger partial charge in [0.15, 0.2) is 0 Å². The van der Waals surface area contributed by atoms with E-state index in [0.717, 1.165) is 16.9 Å². The molecular weight excluding hydrogens is 290 g/mol. The molecule has 0 N–H and O–H groups in total. The van der Waals surface area contributed by atoms with Crippen LogP contribution in [0.1, 0.15) is 12.5 Å². The Labute approximate surface area is 137 Å². The molecule has 0 aliphatic rings. The summed E-state index contributed by atoms with van der Waals surface area (Å²) < 4.78 is 16.2. The molecule has 4 nitrogen and oxygen atoms in total. The van der Waals surface area contributed by atoms with E-state index in [9.17, 15) is 0 Å². The number of benzene rings is 2. The van der Waals surface area contributed by atoms with Crippen LogP contribution in [0.5, 0.6) is 5.75 Å². The number of ether oxygens (including phenoxy) is 3. The average Bonchev–Trinajstić information content (AvgIpc) is 2.61. The molecule has 0 atom stereocenters. The van der Waals surface area contributed by atoms with Crippen molar-refractivity contribution in [2.45, 2.75) is 6.92 Å². The van der Waals surface area contributed by atoms with Gasteiger partial charge in [0.05, 0.1) is 31.5 Å². The van der Waals surface area contributed by atoms with E-state index >= 15 is 0 Å². The lowest BCUT2D eigenvalue weighted by molar-refractivity contribution is 0.0405. The molecule has 4 heteroatoms. The second kappa shape index (κ2) is 9.62. The van der Waals surface area contributed by atoms with Gasteiger partial charge in [-0.25, -0.2) is 0 Å². The third-order valence-corrected chi connectivity index (χ3v) is 3.27. The normalized spacial score (nSPS) is 10.3. The Bertz CT molecular complexity index is 615. The molecule has 2 aromatic rings. The Hall–Kier alpha value is -2.35. The second-order valence-electron chi connectivity index (χ2n) is 4.87. The first-order chi connectivity index (χ1) is 11.3. The summed E-state index contributed by atoms with van der Waals surface area (Å²) in [6, 6.07) is 17.5. The number of nitriles is 1. The van der Waals surface area contributed by atoms with E-state index in [0.29, 0.717) is 38.6 Å². The molecule has 0 aliphatic carbocycles. The van der Waals surface area contributed by atoms with Gasteiger partial charge >= 0.3 is 0 Å². The second-order valence-corrected chi connectivity index (χ2v) is 4.87. The largest absolute Gasteiger partial charge is 0.491 e. The Morgan fingerprint density at radius 1 is 0.783 bits per heavy atom. The molecule has 0 unspecified atom stereocenters. The van der Waals surface area contributed by atoms with Gasteiger partial charge in [-0.1, -0.05) is 24.3 Å². The molecular formula is C19H21NO3. The van der Waals surface area contributed by atoms with Crippen molar-refractivity contribution in [3.8, 4) is 22.9 Å². The predicted octanol–water partition coefficient (Wildman–Crippen LogP) is 3.66. The molecule has 0 aromatic heterocycles. The van der Waals surface area contributed by atoms with Crippen LogP contribution in [0.25, 0.3) is 11.1 Å². The van der Waals surface area contributed by atoms with Crippen LogP contribution in [0, 0.1) is 11.3 Å². The van der Waals surface area contributed by atoms with Gasteiger partial charge in [0.2, 0.25) is 0 Å². The van der Waals surface area contributed by atoms with Gasteiger partial charge in [0.25, 0.3) is 0 Å². The van der Waals surface area contributed by atoms with Crippen molar-refractivity contribution in [3.05, 3.63) is 54.1 Å². The first-order valence-corrected chi connectivity index (χ1v) is 7.72. The highest BCUT2D eigenvalue weighted by Crippen LogP contribution is 2.22. The maximum absolute atomic E-state index is 8.81. The number of hydrogen-bond acceptors (Lipinski definition) is 4. The van der Waals surface area contributed by atoms with Crippen LogP contribution in [0.15, 0.2) is 48.5 Å². The smallest absolute Gasteiger partial charge is 0.119 e. The van der Waals surface area contributed by atoms with E-state index in [1.54, 1.807) is 0 Å². The first kappa shape index (κ1) is 17.0. The number of nitrogens with zero attached hydrogens (tertiary/aromatic N) is 1. The van der Waals surface area contributed by atoms with Crippen molar-refractivity contribution in [2.24, 2.45) is 0 Å². The van der Waals surface area contributed by atoms with Gasteiger partial charge in [-0.05, 0) is 42.3 Å². The highest BCUT2D eigenvalue weighted by atomic mass is 16.5. The Morgan fingerprint density at radius 3 is 1.96 bits per heavy atom. The van der Waals surface area contributed by atoms with Gasteiger partial charge < -0.3 is 14.2 Å². The quantitative estimate of drug-likeness (QED) is 0.663. The van der Waals surface area contributed by atoms with E-state index in [1.807, 2.05) is 55.5 Å². The minimum absolute atomic E-state index is 0.516. The number of rotatable bonds is 9. The fourth-order valence-electron chi connectivity index (χ4n) is 2.06. The molecule has 0 saturated carbocycles. The third kappa shape index (κ3) is 5.74. The molecule has 2 rings (SSSR count). The van der Waals surface area contributed by atoms with Gasteiger partial charge in [-0.2, -0.15) is 5.26 Å². The van der Waals surface area contributed by atoms with E-state index in [1.165, 1.54) is 0 Å². The highest BCUT2D eigenvalue weighted by Gasteiger charge is 2.00. The molecule has 0 radical (unpaired) electrons. The Kier molecular flexibility index (Phi) is 7.12. The van der Waals surface area contributed by atoms with Crippen LogP contribution in [0.4, 0.5) is 0 Å². The standard InChI is InChI=1S/C19H21NO3/c1-2-21-11-12-22-13-14-23-19-9-7-18(8-10-19)17-5-3-16(15-20)4-6-17/h3-10H,2,11-14H2,1H3. The van der Waals surface area contributed by atoms with Crippen LogP contribution in [-0.4, -0.2) is 33.0 Å². The first-order valence-electron chi connectivity index (χ1n) is 7.72. The van der Waals surface area contributed by atoms with Crippen molar-refractivity contribution in [1.82, 2.24) is 0 Å². The molecule has 0 saturated heterocycles. The predicted molar refractivity (Wildman–Crippen MR) is 89.4 cm³/mol. The molecule has 2 aromatic carbocycles. The maximum atomic E-state index is 8.81. The van der Waals surface area contributed by atoms with E-state index in [4.69, 9.17) is 19.5 Å². The molecule has 0 bridgehead atoms. The number of hydrogen-bond donors (Lipinski definition) is 0. The van der Waals surface area contributed by atoms with Crippen LogP contribution in [-0.2, 0) is 9.47 Å². The maximum Gasteiger partial charge on any atom is 0.119 e. The summed E-state index contributed by atoms with van der Waals surface area (Å²) in [5.74, 6) is 0.816. The summed E-state index contributed by atoms with van der Waals surface area (Å²) >= 11 is 0. The van der Waals surface area contributed by atoms with Crippen LogP contribution in [0.3, 0.4) is 0 Å². The summed E-state index contributed by atoms with van der Waals surface area (Å²) in [7, 11) is 0. The summed E-state index contributed by atoms with van der Waals surface area (Å²) in [5, 5.41) is 8.81. The van der Waals surface area contributed by atoms with Crippen LogP contribution >= 0.6 is 0 Å². The fourth-order valence-corrected chi connectivity index (χ4v) is 2.06. The molecule has 23 heavy (non-hydrogen) atoms. The van der Waals surface area contributed by atoms with Crippen molar-refractivity contribution >= 4 is 0 Å². The molecule has 0 spiro atoms.